The van der Waals surface area contributed by atoms with Crippen LogP contribution in [0.4, 0.5) is 0 Å². The van der Waals surface area contributed by atoms with Gasteiger partial charge >= 0.3 is 5.97 Å². The molecule has 1 aliphatic carbocycles. The lowest BCUT2D eigenvalue weighted by molar-refractivity contribution is 0.0496. The van der Waals surface area contributed by atoms with Gasteiger partial charge in [0, 0.05) is 6.07 Å². The normalized spacial score (nSPS) is 23.3. The van der Waals surface area contributed by atoms with Crippen molar-refractivity contribution in [2.45, 2.75) is 82.8 Å². The van der Waals surface area contributed by atoms with Gasteiger partial charge in [0.1, 0.15) is 42.7 Å². The first-order valence-corrected chi connectivity index (χ1v) is 15.2. The van der Waals surface area contributed by atoms with Crippen molar-refractivity contribution < 1.29 is 33.2 Å². The molecule has 0 bridgehead atoms. The molecule has 218 valence electrons. The van der Waals surface area contributed by atoms with Crippen molar-refractivity contribution in [3.05, 3.63) is 53.6 Å². The highest BCUT2D eigenvalue weighted by molar-refractivity contribution is 5.90. The first-order valence-electron chi connectivity index (χ1n) is 15.2. The van der Waals surface area contributed by atoms with E-state index < -0.39 is 0 Å². The Bertz CT molecular complexity index is 1020. The van der Waals surface area contributed by atoms with E-state index in [1.54, 1.807) is 18.2 Å². The number of carbonyl (C=O) groups excluding carboxylic acids is 1. The maximum atomic E-state index is 12.7. The molecule has 0 radical (unpaired) electrons. The van der Waals surface area contributed by atoms with Gasteiger partial charge in [-0.05, 0) is 86.6 Å². The van der Waals surface area contributed by atoms with Crippen molar-refractivity contribution in [2.24, 2.45) is 5.92 Å². The number of esters is 1. The second kappa shape index (κ2) is 14.7. The lowest BCUT2D eigenvalue weighted by Crippen LogP contribution is -2.13. The summed E-state index contributed by atoms with van der Waals surface area (Å²) in [4.78, 5) is 12.7. The molecular weight excluding hydrogens is 508 g/mol. The Morgan fingerprint density at radius 1 is 0.775 bits per heavy atom. The molecule has 3 aliphatic rings. The number of ether oxygens (including phenoxy) is 6. The molecule has 2 heterocycles. The molecule has 5 rings (SSSR count). The SMILES string of the molecule is CCC[C@H]1CC[C@H](c2ccc(OCCCCCOC(=O)c3cc(OCC4CO4)cc(OCC4CO4)c3)cc2)CC1. The molecule has 7 heteroatoms. The van der Waals surface area contributed by atoms with Crippen LogP contribution in [0.2, 0.25) is 0 Å². The maximum absolute atomic E-state index is 12.7. The average molecular weight is 553 g/mol. The summed E-state index contributed by atoms with van der Waals surface area (Å²) in [6.45, 7) is 5.64. The van der Waals surface area contributed by atoms with Crippen molar-refractivity contribution in [3.63, 3.8) is 0 Å². The van der Waals surface area contributed by atoms with E-state index in [0.29, 0.717) is 62.6 Å². The lowest BCUT2D eigenvalue weighted by atomic mass is 9.77. The van der Waals surface area contributed by atoms with Crippen molar-refractivity contribution >= 4 is 5.97 Å². The summed E-state index contributed by atoms with van der Waals surface area (Å²) in [5.74, 6) is 3.33. The van der Waals surface area contributed by atoms with Gasteiger partial charge in [0.25, 0.3) is 0 Å². The fraction of sp³-hybridized carbons (Fsp3) is 0.606. The van der Waals surface area contributed by atoms with Gasteiger partial charge in [0.15, 0.2) is 0 Å². The van der Waals surface area contributed by atoms with Crippen LogP contribution >= 0.6 is 0 Å². The molecule has 0 spiro atoms. The molecule has 40 heavy (non-hydrogen) atoms. The molecule has 2 aliphatic heterocycles. The number of unbranched alkanes of at least 4 members (excludes halogenated alkanes) is 2. The number of hydrogen-bond acceptors (Lipinski definition) is 7. The standard InChI is InChI=1S/C33H44O7/c1-2-6-24-7-9-25(10-8-24)26-11-13-28(14-12-26)35-15-4-3-5-16-36-33(34)27-17-29(37-20-31-22-39-31)19-30(18-27)38-21-32-23-40-32/h11-14,17-19,24-25,31-32H,2-10,15-16,20-23H2,1H3/t24-,25-,31?,32?. The number of epoxide rings is 2. The number of carbonyl (C=O) groups is 1. The molecule has 2 aromatic rings. The van der Waals surface area contributed by atoms with Gasteiger partial charge in [-0.25, -0.2) is 4.79 Å². The fourth-order valence-corrected chi connectivity index (χ4v) is 5.41. The summed E-state index contributed by atoms with van der Waals surface area (Å²) >= 11 is 0. The van der Waals surface area contributed by atoms with E-state index in [1.165, 1.54) is 44.1 Å². The second-order valence-corrected chi connectivity index (χ2v) is 11.3. The minimum absolute atomic E-state index is 0.128. The highest BCUT2D eigenvalue weighted by Crippen LogP contribution is 2.38. The van der Waals surface area contributed by atoms with Gasteiger partial charge < -0.3 is 28.4 Å². The minimum Gasteiger partial charge on any atom is -0.494 e. The smallest absolute Gasteiger partial charge is 0.338 e. The zero-order chi connectivity index (χ0) is 27.6. The van der Waals surface area contributed by atoms with Crippen LogP contribution in [0.3, 0.4) is 0 Å². The molecule has 0 amide bonds. The molecule has 7 nitrogen and oxygen atoms in total. The largest absolute Gasteiger partial charge is 0.494 e. The molecule has 2 aromatic carbocycles. The molecule has 1 saturated carbocycles. The van der Waals surface area contributed by atoms with Crippen LogP contribution < -0.4 is 14.2 Å². The maximum Gasteiger partial charge on any atom is 0.338 e. The Hall–Kier alpha value is -2.77. The topological polar surface area (TPSA) is 79.1 Å². The monoisotopic (exact) mass is 552 g/mol. The number of hydrogen-bond donors (Lipinski definition) is 0. The second-order valence-electron chi connectivity index (χ2n) is 11.3. The van der Waals surface area contributed by atoms with Crippen molar-refractivity contribution in [1.29, 1.82) is 0 Å². The van der Waals surface area contributed by atoms with Crippen LogP contribution in [0.1, 0.15) is 86.6 Å². The third-order valence-corrected chi connectivity index (χ3v) is 7.98. The third-order valence-electron chi connectivity index (χ3n) is 7.98. The van der Waals surface area contributed by atoms with E-state index >= 15 is 0 Å². The fourth-order valence-electron chi connectivity index (χ4n) is 5.41. The van der Waals surface area contributed by atoms with Gasteiger partial charge in [-0.3, -0.25) is 0 Å². The summed E-state index contributed by atoms with van der Waals surface area (Å²) in [5, 5.41) is 0. The van der Waals surface area contributed by atoms with Crippen molar-refractivity contribution in [1.82, 2.24) is 0 Å². The highest BCUT2D eigenvalue weighted by Gasteiger charge is 2.25. The van der Waals surface area contributed by atoms with Crippen LogP contribution in [0.15, 0.2) is 42.5 Å². The van der Waals surface area contributed by atoms with Crippen molar-refractivity contribution in [3.8, 4) is 17.2 Å². The van der Waals surface area contributed by atoms with Crippen molar-refractivity contribution in [2.75, 3.05) is 39.6 Å². The summed E-state index contributed by atoms with van der Waals surface area (Å²) in [5.41, 5.74) is 1.87. The summed E-state index contributed by atoms with van der Waals surface area (Å²) in [6, 6.07) is 13.9. The van der Waals surface area contributed by atoms with E-state index in [9.17, 15) is 4.79 Å². The lowest BCUT2D eigenvalue weighted by Gasteiger charge is -2.28. The highest BCUT2D eigenvalue weighted by atomic mass is 16.6. The van der Waals surface area contributed by atoms with E-state index in [0.717, 1.165) is 30.9 Å². The predicted octanol–water partition coefficient (Wildman–Crippen LogP) is 6.72. The predicted molar refractivity (Wildman–Crippen MR) is 153 cm³/mol. The number of rotatable bonds is 17. The van der Waals surface area contributed by atoms with E-state index in [-0.39, 0.29) is 18.2 Å². The summed E-state index contributed by atoms with van der Waals surface area (Å²) in [6.07, 6.45) is 10.9. The van der Waals surface area contributed by atoms with Crippen LogP contribution in [0.25, 0.3) is 0 Å². The molecule has 2 atom stereocenters. The van der Waals surface area contributed by atoms with Gasteiger partial charge in [-0.15, -0.1) is 0 Å². The minimum atomic E-state index is -0.379. The van der Waals surface area contributed by atoms with Gasteiger partial charge in [0.2, 0.25) is 0 Å². The van der Waals surface area contributed by atoms with E-state index in [4.69, 9.17) is 28.4 Å². The Balaban J connectivity index is 0.974. The first-order chi connectivity index (χ1) is 19.7. The van der Waals surface area contributed by atoms with Crippen LogP contribution in [0.5, 0.6) is 17.2 Å². The molecule has 3 fully saturated rings. The summed E-state index contributed by atoms with van der Waals surface area (Å²) < 4.78 is 33.5. The molecule has 0 N–H and O–H groups in total. The average Bonchev–Trinajstić information content (AvgIpc) is 3.91. The van der Waals surface area contributed by atoms with E-state index in [1.807, 2.05) is 0 Å². The third kappa shape index (κ3) is 9.41. The quantitative estimate of drug-likeness (QED) is 0.122. The zero-order valence-corrected chi connectivity index (χ0v) is 23.8. The Morgan fingerprint density at radius 3 is 2.00 bits per heavy atom. The van der Waals surface area contributed by atoms with Gasteiger partial charge in [0.05, 0.1) is 32.0 Å². The zero-order valence-electron chi connectivity index (χ0n) is 23.8. The Kier molecular flexibility index (Phi) is 10.6. The van der Waals surface area contributed by atoms with Gasteiger partial charge in [-0.2, -0.15) is 0 Å². The van der Waals surface area contributed by atoms with Crippen LogP contribution in [-0.4, -0.2) is 57.8 Å². The number of benzene rings is 2. The summed E-state index contributed by atoms with van der Waals surface area (Å²) in [7, 11) is 0. The van der Waals surface area contributed by atoms with Gasteiger partial charge in [-0.1, -0.05) is 31.9 Å². The Labute approximate surface area is 238 Å². The first kappa shape index (κ1) is 28.7. The Morgan fingerprint density at radius 2 is 1.40 bits per heavy atom. The molecule has 0 aromatic heterocycles. The molecule has 2 unspecified atom stereocenters. The molecular formula is C33H44O7. The molecule has 2 saturated heterocycles. The van der Waals surface area contributed by atoms with Crippen LogP contribution in [-0.2, 0) is 14.2 Å². The van der Waals surface area contributed by atoms with Crippen LogP contribution in [0, 0.1) is 5.92 Å². The van der Waals surface area contributed by atoms with E-state index in [2.05, 4.69) is 31.2 Å².